The summed E-state index contributed by atoms with van der Waals surface area (Å²) in [5.41, 5.74) is 0.0801. The number of benzene rings is 1. The predicted molar refractivity (Wildman–Crippen MR) is 83.6 cm³/mol. The van der Waals surface area contributed by atoms with Gasteiger partial charge in [-0.2, -0.15) is 4.31 Å². The zero-order valence-electron chi connectivity index (χ0n) is 13.2. The maximum Gasteiger partial charge on any atom is 0.335 e. The molecular formula is C13H25CeNO7S. The molecule has 0 unspecified atom stereocenters. The summed E-state index contributed by atoms with van der Waals surface area (Å²) >= 11 is 0. The minimum Gasteiger partial charge on any atom is -0.478 e. The van der Waals surface area contributed by atoms with E-state index < -0.39 is 16.0 Å². The maximum atomic E-state index is 12.4. The van der Waals surface area contributed by atoms with Crippen molar-refractivity contribution in [2.24, 2.45) is 0 Å². The first-order chi connectivity index (χ1) is 8.93. The van der Waals surface area contributed by atoms with Crippen LogP contribution in [0.5, 0.6) is 0 Å². The first-order valence-electron chi connectivity index (χ1n) is 6.27. The molecule has 1 rings (SSSR count). The fraction of sp³-hybridized carbons (Fsp3) is 0.462. The maximum absolute atomic E-state index is 12.4. The Morgan fingerprint density at radius 3 is 1.70 bits per heavy atom. The molecule has 0 heterocycles. The Bertz CT molecular complexity index is 528. The van der Waals surface area contributed by atoms with E-state index in [0.717, 1.165) is 12.8 Å². The predicted octanol–water partition coefficient (Wildman–Crippen LogP) is -0.279. The first-order valence-corrected chi connectivity index (χ1v) is 7.71. The van der Waals surface area contributed by atoms with Crippen LogP contribution < -0.4 is 0 Å². The summed E-state index contributed by atoms with van der Waals surface area (Å²) in [6, 6.07) is 5.31. The number of carbonyl (C=O) groups is 1. The molecule has 0 saturated carbocycles. The van der Waals surface area contributed by atoms with Gasteiger partial charge in [0.25, 0.3) is 0 Å². The van der Waals surface area contributed by atoms with Gasteiger partial charge in [0.05, 0.1) is 10.5 Å². The summed E-state index contributed by atoms with van der Waals surface area (Å²) in [5, 5.41) is 8.80. The summed E-state index contributed by atoms with van der Waals surface area (Å²) in [6.45, 7) is 4.78. The largest absolute Gasteiger partial charge is 0.478 e. The second kappa shape index (κ2) is 14.2. The Morgan fingerprint density at radius 1 is 1.00 bits per heavy atom. The molecule has 0 aromatic heterocycles. The number of nitrogens with zero attached hydrogens (tertiary/aromatic N) is 1. The third kappa shape index (κ3) is 8.49. The molecule has 134 valence electrons. The van der Waals surface area contributed by atoms with E-state index in [2.05, 4.69) is 0 Å². The van der Waals surface area contributed by atoms with Gasteiger partial charge in [0.15, 0.2) is 0 Å². The van der Waals surface area contributed by atoms with Gasteiger partial charge in [-0.15, -0.1) is 0 Å². The average molecular weight is 480 g/mol. The van der Waals surface area contributed by atoms with Crippen LogP contribution in [0, 0.1) is 41.7 Å². The molecule has 0 fully saturated rings. The van der Waals surface area contributed by atoms with E-state index in [1.807, 2.05) is 13.8 Å². The molecule has 0 aliphatic heterocycles. The molecule has 0 amide bonds. The number of aromatic carboxylic acids is 1. The van der Waals surface area contributed by atoms with Crippen LogP contribution in [0.1, 0.15) is 37.0 Å². The second-order valence-corrected chi connectivity index (χ2v) is 6.17. The molecule has 0 radical (unpaired) electrons. The van der Waals surface area contributed by atoms with Gasteiger partial charge in [-0.25, -0.2) is 13.2 Å². The van der Waals surface area contributed by atoms with Crippen LogP contribution in [-0.4, -0.2) is 53.3 Å². The normalized spacial score (nSPS) is 9.70. The van der Waals surface area contributed by atoms with Crippen LogP contribution in [0.2, 0.25) is 0 Å². The third-order valence-corrected chi connectivity index (χ3v) is 4.60. The van der Waals surface area contributed by atoms with Crippen LogP contribution in [0.15, 0.2) is 29.2 Å². The van der Waals surface area contributed by atoms with E-state index in [9.17, 15) is 13.2 Å². The van der Waals surface area contributed by atoms with Crippen LogP contribution in [0.3, 0.4) is 0 Å². The van der Waals surface area contributed by atoms with E-state index in [1.54, 1.807) is 0 Å². The molecule has 0 bridgehead atoms. The summed E-state index contributed by atoms with van der Waals surface area (Å²) < 4.78 is 26.2. The molecule has 0 spiro atoms. The third-order valence-electron chi connectivity index (χ3n) is 2.69. The Labute approximate surface area is 170 Å². The van der Waals surface area contributed by atoms with Crippen molar-refractivity contribution in [1.82, 2.24) is 4.31 Å². The Morgan fingerprint density at radius 2 is 1.39 bits per heavy atom. The number of carboxylic acids is 1. The van der Waals surface area contributed by atoms with Crippen LogP contribution in [0.25, 0.3) is 0 Å². The van der Waals surface area contributed by atoms with Gasteiger partial charge in [0.2, 0.25) is 10.0 Å². The summed E-state index contributed by atoms with van der Waals surface area (Å²) in [4.78, 5) is 10.9. The molecule has 10 heteroatoms. The van der Waals surface area contributed by atoms with Crippen LogP contribution >= 0.6 is 0 Å². The van der Waals surface area contributed by atoms with Crippen LogP contribution in [0.4, 0.5) is 0 Å². The molecule has 0 atom stereocenters. The van der Waals surface area contributed by atoms with Crippen molar-refractivity contribution in [1.29, 1.82) is 0 Å². The summed E-state index contributed by atoms with van der Waals surface area (Å²) in [6.07, 6.45) is 1.48. The molecule has 0 saturated heterocycles. The summed E-state index contributed by atoms with van der Waals surface area (Å²) in [5.74, 6) is -1.07. The van der Waals surface area contributed by atoms with Gasteiger partial charge in [0.1, 0.15) is 0 Å². The van der Waals surface area contributed by atoms with Crippen molar-refractivity contribution in [3.8, 4) is 0 Å². The molecule has 0 aliphatic rings. The van der Waals surface area contributed by atoms with E-state index in [4.69, 9.17) is 5.11 Å². The van der Waals surface area contributed by atoms with Crippen LogP contribution in [-0.2, 0) is 10.0 Å². The van der Waals surface area contributed by atoms with Gasteiger partial charge in [0, 0.05) is 54.8 Å². The smallest absolute Gasteiger partial charge is 0.335 e. The van der Waals surface area contributed by atoms with Gasteiger partial charge in [-0.1, -0.05) is 13.8 Å². The molecule has 23 heavy (non-hydrogen) atoms. The molecular weight excluding hydrogens is 454 g/mol. The summed E-state index contributed by atoms with van der Waals surface area (Å²) in [7, 11) is -3.53. The minimum atomic E-state index is -3.53. The number of rotatable bonds is 7. The average Bonchev–Trinajstić information content (AvgIpc) is 2.38. The van der Waals surface area contributed by atoms with Crippen molar-refractivity contribution in [2.75, 3.05) is 13.1 Å². The fourth-order valence-electron chi connectivity index (χ4n) is 1.77. The second-order valence-electron chi connectivity index (χ2n) is 4.23. The van der Waals surface area contributed by atoms with Crippen molar-refractivity contribution in [2.45, 2.75) is 31.6 Å². The zero-order chi connectivity index (χ0) is 14.5. The van der Waals surface area contributed by atoms with Crippen molar-refractivity contribution >= 4 is 16.0 Å². The molecule has 1 aromatic rings. The molecule has 1 aromatic carbocycles. The fourth-order valence-corrected chi connectivity index (χ4v) is 3.39. The van der Waals surface area contributed by atoms with Gasteiger partial charge >= 0.3 is 5.97 Å². The Kier molecular flexibility index (Phi) is 19.0. The molecule has 7 N–H and O–H groups in total. The van der Waals surface area contributed by atoms with E-state index in [0.29, 0.717) is 13.1 Å². The van der Waals surface area contributed by atoms with Gasteiger partial charge in [-0.05, 0) is 37.1 Å². The monoisotopic (exact) mass is 479 g/mol. The standard InChI is InChI=1S/C13H19NO4S.Ce.3H2O/c1-3-9-14(10-4-2)19(17,18)12-7-5-11(6-8-12)13(15)16;;;;/h5-8H,3-4,9-10H2,1-2H3,(H,15,16);;3*1H2. The number of hydrogen-bond acceptors (Lipinski definition) is 3. The van der Waals surface area contributed by atoms with Gasteiger partial charge in [-0.3, -0.25) is 0 Å². The van der Waals surface area contributed by atoms with Crippen molar-refractivity contribution in [3.05, 3.63) is 29.8 Å². The van der Waals surface area contributed by atoms with E-state index in [1.165, 1.54) is 28.6 Å². The quantitative estimate of drug-likeness (QED) is 0.568. The number of sulfonamides is 1. The molecule has 0 aliphatic carbocycles. The topological polar surface area (TPSA) is 169 Å². The first kappa shape index (κ1) is 30.7. The molecule has 8 nitrogen and oxygen atoms in total. The van der Waals surface area contributed by atoms with E-state index in [-0.39, 0.29) is 68.6 Å². The Balaban J connectivity index is -0.000000451. The number of hydrogen-bond donors (Lipinski definition) is 1. The SMILES string of the molecule is CCCN(CCC)S(=O)(=O)c1ccc(C(=O)O)cc1.O.O.O.[Ce]. The van der Waals surface area contributed by atoms with Gasteiger partial charge < -0.3 is 21.5 Å². The zero-order valence-corrected chi connectivity index (χ0v) is 17.1. The van der Waals surface area contributed by atoms with Crippen molar-refractivity contribution < 1.29 is 76.5 Å². The van der Waals surface area contributed by atoms with Crippen molar-refractivity contribution in [3.63, 3.8) is 0 Å². The number of carboxylic acid groups (broad SMARTS) is 1. The minimum absolute atomic E-state index is 0. The van der Waals surface area contributed by atoms with E-state index >= 15 is 0 Å². The Hall–Kier alpha value is -0.143.